The molecule has 1 heterocycles. The fraction of sp³-hybridized carbons (Fsp3) is 0.0435. The van der Waals surface area contributed by atoms with E-state index in [1.54, 1.807) is 30.3 Å². The number of nitrogens with zero attached hydrogens (tertiary/aromatic N) is 1. The highest BCUT2D eigenvalue weighted by Gasteiger charge is 2.10. The van der Waals surface area contributed by atoms with Crippen molar-refractivity contribution in [2.45, 2.75) is 6.54 Å². The summed E-state index contributed by atoms with van der Waals surface area (Å²) in [5, 5.41) is 1.27. The number of H-pyrrole nitrogens is 1. The SMILES string of the molecule is O=c1[nH]c2cc(Cl)ccc2c(=O)n1Cc1ccc(C#Cc2ccccc2)cc1Cl. The summed E-state index contributed by atoms with van der Waals surface area (Å²) in [5.41, 5.74) is 1.79. The minimum Gasteiger partial charge on any atom is -0.307 e. The topological polar surface area (TPSA) is 54.9 Å². The van der Waals surface area contributed by atoms with Crippen LogP contribution in [0.3, 0.4) is 0 Å². The molecule has 0 aliphatic rings. The first-order chi connectivity index (χ1) is 14.0. The number of aromatic amines is 1. The highest BCUT2D eigenvalue weighted by atomic mass is 35.5. The molecule has 142 valence electrons. The average Bonchev–Trinajstić information content (AvgIpc) is 2.71. The maximum absolute atomic E-state index is 12.7. The third kappa shape index (κ3) is 4.12. The lowest BCUT2D eigenvalue weighted by molar-refractivity contribution is 0.712. The van der Waals surface area contributed by atoms with Crippen molar-refractivity contribution in [1.82, 2.24) is 9.55 Å². The van der Waals surface area contributed by atoms with Crippen molar-refractivity contribution in [3.63, 3.8) is 0 Å². The number of aromatic nitrogens is 2. The Balaban J connectivity index is 1.67. The summed E-state index contributed by atoms with van der Waals surface area (Å²) < 4.78 is 1.12. The van der Waals surface area contributed by atoms with Crippen LogP contribution in [0.2, 0.25) is 10.0 Å². The van der Waals surface area contributed by atoms with Crippen molar-refractivity contribution >= 4 is 34.1 Å². The lowest BCUT2D eigenvalue weighted by Crippen LogP contribution is -2.35. The third-order valence-corrected chi connectivity index (χ3v) is 5.04. The minimum atomic E-state index is -0.520. The fourth-order valence-electron chi connectivity index (χ4n) is 2.96. The molecule has 1 aromatic heterocycles. The van der Waals surface area contributed by atoms with Crippen molar-refractivity contribution in [3.8, 4) is 11.8 Å². The number of benzene rings is 3. The van der Waals surface area contributed by atoms with E-state index in [9.17, 15) is 9.59 Å². The molecule has 29 heavy (non-hydrogen) atoms. The Labute approximate surface area is 176 Å². The molecule has 0 bridgehead atoms. The lowest BCUT2D eigenvalue weighted by Gasteiger charge is -2.09. The number of rotatable bonds is 2. The molecule has 4 nitrogen and oxygen atoms in total. The van der Waals surface area contributed by atoms with Crippen molar-refractivity contribution in [1.29, 1.82) is 0 Å². The number of hydrogen-bond acceptors (Lipinski definition) is 2. The van der Waals surface area contributed by atoms with Gasteiger partial charge in [0.25, 0.3) is 5.56 Å². The molecule has 1 N–H and O–H groups in total. The zero-order valence-electron chi connectivity index (χ0n) is 15.1. The molecule has 0 unspecified atom stereocenters. The van der Waals surface area contributed by atoms with Gasteiger partial charge in [0.15, 0.2) is 0 Å². The van der Waals surface area contributed by atoms with Gasteiger partial charge < -0.3 is 4.98 Å². The molecule has 0 aliphatic heterocycles. The largest absolute Gasteiger partial charge is 0.329 e. The monoisotopic (exact) mass is 420 g/mol. The van der Waals surface area contributed by atoms with Crippen LogP contribution in [0.25, 0.3) is 10.9 Å². The Hall–Kier alpha value is -3.26. The summed E-state index contributed by atoms with van der Waals surface area (Å²) >= 11 is 12.3. The van der Waals surface area contributed by atoms with Gasteiger partial charge in [-0.25, -0.2) is 4.79 Å². The molecule has 0 fully saturated rings. The molecule has 0 spiro atoms. The average molecular weight is 421 g/mol. The van der Waals surface area contributed by atoms with Gasteiger partial charge in [-0.15, -0.1) is 0 Å². The maximum Gasteiger partial charge on any atom is 0.329 e. The molecular formula is C23H14Cl2N2O2. The molecule has 0 atom stereocenters. The van der Waals surface area contributed by atoms with Crippen LogP contribution in [0.5, 0.6) is 0 Å². The first-order valence-electron chi connectivity index (χ1n) is 8.79. The van der Waals surface area contributed by atoms with Gasteiger partial charge >= 0.3 is 5.69 Å². The molecular weight excluding hydrogens is 407 g/mol. The van der Waals surface area contributed by atoms with Gasteiger partial charge in [0.1, 0.15) is 0 Å². The van der Waals surface area contributed by atoms with Crippen molar-refractivity contribution in [3.05, 3.63) is 114 Å². The Morgan fingerprint density at radius 3 is 2.38 bits per heavy atom. The maximum atomic E-state index is 12.7. The molecule has 4 rings (SSSR count). The summed E-state index contributed by atoms with van der Waals surface area (Å²) in [4.78, 5) is 27.8. The van der Waals surface area contributed by atoms with E-state index in [1.807, 2.05) is 36.4 Å². The Morgan fingerprint density at radius 2 is 1.62 bits per heavy atom. The van der Waals surface area contributed by atoms with E-state index in [2.05, 4.69) is 16.8 Å². The summed E-state index contributed by atoms with van der Waals surface area (Å²) in [5.74, 6) is 6.13. The van der Waals surface area contributed by atoms with Crippen LogP contribution in [-0.4, -0.2) is 9.55 Å². The van der Waals surface area contributed by atoms with Crippen LogP contribution in [0, 0.1) is 11.8 Å². The third-order valence-electron chi connectivity index (χ3n) is 4.45. The van der Waals surface area contributed by atoms with E-state index in [0.717, 1.165) is 15.7 Å². The minimum absolute atomic E-state index is 0.0535. The number of nitrogens with one attached hydrogen (secondary N) is 1. The van der Waals surface area contributed by atoms with Gasteiger partial charge in [-0.2, -0.15) is 0 Å². The molecule has 0 aliphatic carbocycles. The van der Waals surface area contributed by atoms with E-state index < -0.39 is 11.2 Å². The van der Waals surface area contributed by atoms with Crippen LogP contribution in [0.15, 0.2) is 76.3 Å². The number of hydrogen-bond donors (Lipinski definition) is 1. The van der Waals surface area contributed by atoms with E-state index in [-0.39, 0.29) is 6.54 Å². The molecule has 0 saturated carbocycles. The second-order valence-electron chi connectivity index (χ2n) is 6.43. The van der Waals surface area contributed by atoms with Gasteiger partial charge in [-0.1, -0.05) is 59.3 Å². The summed E-state index contributed by atoms with van der Waals surface area (Å²) in [6.07, 6.45) is 0. The predicted octanol–water partition coefficient (Wildman–Crippen LogP) is 4.44. The van der Waals surface area contributed by atoms with Crippen LogP contribution < -0.4 is 11.2 Å². The molecule has 0 radical (unpaired) electrons. The highest BCUT2D eigenvalue weighted by Crippen LogP contribution is 2.19. The van der Waals surface area contributed by atoms with Gasteiger partial charge in [-0.05, 0) is 48.0 Å². The van der Waals surface area contributed by atoms with Gasteiger partial charge in [0.2, 0.25) is 0 Å². The number of halogens is 2. The first-order valence-corrected chi connectivity index (χ1v) is 9.55. The molecule has 3 aromatic carbocycles. The smallest absolute Gasteiger partial charge is 0.307 e. The predicted molar refractivity (Wildman–Crippen MR) is 117 cm³/mol. The molecule has 6 heteroatoms. The highest BCUT2D eigenvalue weighted by molar-refractivity contribution is 6.31. The fourth-order valence-corrected chi connectivity index (χ4v) is 3.37. The first kappa shape index (κ1) is 19.1. The normalized spacial score (nSPS) is 10.6. The molecule has 0 saturated heterocycles. The van der Waals surface area contributed by atoms with Gasteiger partial charge in [-0.3, -0.25) is 9.36 Å². The number of fused-ring (bicyclic) bond motifs is 1. The van der Waals surface area contributed by atoms with Crippen LogP contribution in [0.1, 0.15) is 16.7 Å². The van der Waals surface area contributed by atoms with E-state index in [1.165, 1.54) is 0 Å². The van der Waals surface area contributed by atoms with Crippen molar-refractivity contribution in [2.75, 3.05) is 0 Å². The van der Waals surface area contributed by atoms with Gasteiger partial charge in [0, 0.05) is 21.2 Å². The zero-order valence-corrected chi connectivity index (χ0v) is 16.6. The van der Waals surface area contributed by atoms with Crippen LogP contribution >= 0.6 is 23.2 Å². The Bertz CT molecular complexity index is 1390. The summed E-state index contributed by atoms with van der Waals surface area (Å²) in [6, 6.07) is 19.7. The standard InChI is InChI=1S/C23H14Cl2N2O2/c24-18-10-11-19-21(13-18)26-23(29)27(22(19)28)14-17-9-8-16(12-20(17)25)7-6-15-4-2-1-3-5-15/h1-5,8-13H,14H2,(H,26,29). The quantitative estimate of drug-likeness (QED) is 0.487. The molecule has 4 aromatic rings. The summed E-state index contributed by atoms with van der Waals surface area (Å²) in [7, 11) is 0. The second kappa shape index (κ2) is 8.00. The van der Waals surface area contributed by atoms with Crippen LogP contribution in [-0.2, 0) is 6.54 Å². The van der Waals surface area contributed by atoms with E-state index >= 15 is 0 Å². The summed E-state index contributed by atoms with van der Waals surface area (Å²) in [6.45, 7) is 0.0535. The molecule has 0 amide bonds. The van der Waals surface area contributed by atoms with Crippen molar-refractivity contribution in [2.24, 2.45) is 0 Å². The second-order valence-corrected chi connectivity index (χ2v) is 7.28. The Kier molecular flexibility index (Phi) is 5.26. The lowest BCUT2D eigenvalue weighted by atomic mass is 10.1. The Morgan fingerprint density at radius 1 is 0.862 bits per heavy atom. The van der Waals surface area contributed by atoms with E-state index in [0.29, 0.717) is 26.5 Å². The van der Waals surface area contributed by atoms with E-state index in [4.69, 9.17) is 23.2 Å². The zero-order chi connectivity index (χ0) is 20.4. The van der Waals surface area contributed by atoms with Gasteiger partial charge in [0.05, 0.1) is 17.4 Å². The van der Waals surface area contributed by atoms with Crippen molar-refractivity contribution < 1.29 is 0 Å². The van der Waals surface area contributed by atoms with Crippen LogP contribution in [0.4, 0.5) is 0 Å².